The number of carbonyl (C=O) groups excluding carboxylic acids is 1. The number of benzene rings is 3. The highest BCUT2D eigenvalue weighted by Crippen LogP contribution is 2.36. The molecule has 0 aliphatic rings. The molecule has 0 aliphatic heterocycles. The molecule has 0 spiro atoms. The maximum Gasteiger partial charge on any atom is 0.387 e. The molecule has 0 amide bonds. The van der Waals surface area contributed by atoms with Gasteiger partial charge in [0.05, 0.1) is 12.7 Å². The first kappa shape index (κ1) is 29.4. The van der Waals surface area contributed by atoms with Crippen molar-refractivity contribution in [2.45, 2.75) is 23.8 Å². The average molecular weight is 579 g/mol. The van der Waals surface area contributed by atoms with Crippen molar-refractivity contribution in [1.29, 1.82) is 5.26 Å². The number of rotatable bonds is 11. The molecule has 208 valence electrons. The Morgan fingerprint density at radius 3 is 2.39 bits per heavy atom. The number of nitriles is 1. The van der Waals surface area contributed by atoms with Crippen LogP contribution in [-0.4, -0.2) is 24.5 Å². The number of carbonyl (C=O) groups is 1. The molecule has 0 aliphatic carbocycles. The summed E-state index contributed by atoms with van der Waals surface area (Å²) in [5.41, 5.74) is 2.40. The van der Waals surface area contributed by atoms with Crippen molar-refractivity contribution in [3.8, 4) is 28.7 Å². The van der Waals surface area contributed by atoms with Crippen LogP contribution < -0.4 is 9.47 Å². The molecule has 5 nitrogen and oxygen atoms in total. The number of pyridine rings is 1. The highest BCUT2D eigenvalue weighted by Gasteiger charge is 2.20. The summed E-state index contributed by atoms with van der Waals surface area (Å²) in [6, 6.07) is 22.7. The van der Waals surface area contributed by atoms with Crippen molar-refractivity contribution < 1.29 is 31.8 Å². The van der Waals surface area contributed by atoms with Gasteiger partial charge in [-0.05, 0) is 59.7 Å². The number of alkyl halides is 4. The van der Waals surface area contributed by atoms with Crippen LogP contribution in [0.5, 0.6) is 11.5 Å². The molecule has 41 heavy (non-hydrogen) atoms. The molecular weight excluding hydrogens is 556 g/mol. The fourth-order valence-corrected chi connectivity index (χ4v) is 4.93. The van der Waals surface area contributed by atoms with Gasteiger partial charge in [-0.15, -0.1) is 11.8 Å². The summed E-state index contributed by atoms with van der Waals surface area (Å²) in [6.45, 7) is -2.96. The van der Waals surface area contributed by atoms with Gasteiger partial charge in [0, 0.05) is 22.4 Å². The predicted molar refractivity (Wildman–Crippen MR) is 148 cm³/mol. The number of ether oxygens (including phenoxy) is 2. The fourth-order valence-electron chi connectivity index (χ4n) is 3.94. The first-order valence-corrected chi connectivity index (χ1v) is 13.1. The Morgan fingerprint density at radius 2 is 1.76 bits per heavy atom. The van der Waals surface area contributed by atoms with E-state index in [2.05, 4.69) is 15.8 Å². The highest BCUT2D eigenvalue weighted by atomic mass is 32.2. The number of aromatic nitrogens is 1. The normalized spacial score (nSPS) is 11.2. The van der Waals surface area contributed by atoms with Gasteiger partial charge in [0.25, 0.3) is 6.43 Å². The number of nitrogens with zero attached hydrogens (tertiary/aromatic N) is 2. The lowest BCUT2D eigenvalue weighted by atomic mass is 10.0. The van der Waals surface area contributed by atoms with Crippen LogP contribution in [0.2, 0.25) is 0 Å². The smallest absolute Gasteiger partial charge is 0.387 e. The summed E-state index contributed by atoms with van der Waals surface area (Å²) in [6.07, 6.45) is 0.108. The van der Waals surface area contributed by atoms with E-state index in [0.29, 0.717) is 28.0 Å². The van der Waals surface area contributed by atoms with Gasteiger partial charge in [-0.25, -0.2) is 13.8 Å². The second-order valence-corrected chi connectivity index (χ2v) is 9.48. The van der Waals surface area contributed by atoms with E-state index < -0.39 is 18.7 Å². The molecule has 1 heterocycles. The Morgan fingerprint density at radius 1 is 1.02 bits per heavy atom. The van der Waals surface area contributed by atoms with Crippen LogP contribution in [0.3, 0.4) is 0 Å². The zero-order valence-corrected chi connectivity index (χ0v) is 22.4. The predicted octanol–water partition coefficient (Wildman–Crippen LogP) is 8.36. The Hall–Kier alpha value is -4.62. The summed E-state index contributed by atoms with van der Waals surface area (Å²) in [4.78, 5) is 16.6. The number of ketones is 1. The Labute approximate surface area is 238 Å². The van der Waals surface area contributed by atoms with E-state index in [1.807, 2.05) is 0 Å². The highest BCUT2D eigenvalue weighted by molar-refractivity contribution is 7.98. The van der Waals surface area contributed by atoms with E-state index in [1.165, 1.54) is 43.5 Å². The minimum atomic E-state index is -2.96. The second-order valence-electron chi connectivity index (χ2n) is 8.51. The fraction of sp³-hybridized carbons (Fsp3) is 0.129. The average Bonchev–Trinajstić information content (AvgIpc) is 2.98. The van der Waals surface area contributed by atoms with Gasteiger partial charge in [0.15, 0.2) is 5.78 Å². The molecule has 0 N–H and O–H groups in total. The van der Waals surface area contributed by atoms with Gasteiger partial charge in [-0.3, -0.25) is 4.79 Å². The molecule has 1 aromatic heterocycles. The summed E-state index contributed by atoms with van der Waals surface area (Å²) >= 11 is 1.13. The number of thioether (sulfide) groups is 1. The lowest BCUT2D eigenvalue weighted by Crippen LogP contribution is -2.02. The number of hydrogen-bond acceptors (Lipinski definition) is 6. The van der Waals surface area contributed by atoms with Crippen LogP contribution in [0.1, 0.15) is 39.2 Å². The molecule has 0 unspecified atom stereocenters. The quantitative estimate of drug-likeness (QED) is 0.0771. The molecule has 10 heteroatoms. The van der Waals surface area contributed by atoms with Crippen LogP contribution in [-0.2, 0) is 5.75 Å². The van der Waals surface area contributed by atoms with E-state index in [9.17, 15) is 27.6 Å². The van der Waals surface area contributed by atoms with Crippen molar-refractivity contribution in [1.82, 2.24) is 4.98 Å². The van der Waals surface area contributed by atoms with Crippen molar-refractivity contribution in [2.24, 2.45) is 0 Å². The van der Waals surface area contributed by atoms with Gasteiger partial charge in [0.1, 0.15) is 28.3 Å². The van der Waals surface area contributed by atoms with E-state index in [1.54, 1.807) is 54.6 Å². The SMILES string of the molecule is COc1ccc(/C=C/C(=O)c2ccc(OC(F)F)cc2)cc1CSc1nc(C(F)F)cc(-c2ccccc2)c1C#N. The van der Waals surface area contributed by atoms with Gasteiger partial charge < -0.3 is 9.47 Å². The largest absolute Gasteiger partial charge is 0.496 e. The molecule has 4 rings (SSSR count). The van der Waals surface area contributed by atoms with Gasteiger partial charge in [-0.1, -0.05) is 42.5 Å². The number of hydrogen-bond donors (Lipinski definition) is 0. The zero-order valence-electron chi connectivity index (χ0n) is 21.6. The summed E-state index contributed by atoms with van der Waals surface area (Å²) < 4.78 is 61.9. The molecule has 0 atom stereocenters. The monoisotopic (exact) mass is 578 g/mol. The third-order valence-electron chi connectivity index (χ3n) is 5.89. The number of methoxy groups -OCH3 is 1. The van der Waals surface area contributed by atoms with Crippen LogP contribution in [0.25, 0.3) is 17.2 Å². The molecule has 0 fully saturated rings. The van der Waals surface area contributed by atoms with E-state index in [4.69, 9.17) is 4.74 Å². The van der Waals surface area contributed by atoms with Gasteiger partial charge in [0.2, 0.25) is 0 Å². The van der Waals surface area contributed by atoms with Crippen LogP contribution in [0.4, 0.5) is 17.6 Å². The standard InChI is InChI=1S/C31H22F4N2O3S/c1-39-28-14-8-19(7-13-27(38)21-9-11-23(12-10-21)40-31(34)35)15-22(28)18-41-30-25(17-36)24(16-26(37-30)29(32)33)20-5-3-2-4-6-20/h2-16,29,31H,18H2,1H3/b13-7+. The Kier molecular flexibility index (Phi) is 9.77. The van der Waals surface area contributed by atoms with E-state index in [0.717, 1.165) is 11.8 Å². The van der Waals surface area contributed by atoms with Crippen molar-refractivity contribution in [3.05, 3.63) is 113 Å². The van der Waals surface area contributed by atoms with E-state index in [-0.39, 0.29) is 33.4 Å². The summed E-state index contributed by atoms with van der Waals surface area (Å²) in [5, 5.41) is 10.1. The first-order chi connectivity index (χ1) is 19.8. The van der Waals surface area contributed by atoms with Crippen molar-refractivity contribution in [3.63, 3.8) is 0 Å². The Balaban J connectivity index is 1.57. The minimum absolute atomic E-state index is 0.0538. The molecule has 0 saturated heterocycles. The second kappa shape index (κ2) is 13.6. The third-order valence-corrected chi connectivity index (χ3v) is 6.91. The van der Waals surface area contributed by atoms with Gasteiger partial charge in [-0.2, -0.15) is 14.0 Å². The first-order valence-electron chi connectivity index (χ1n) is 12.1. The zero-order chi connectivity index (χ0) is 29.4. The van der Waals surface area contributed by atoms with Crippen molar-refractivity contribution >= 4 is 23.6 Å². The maximum atomic E-state index is 13.7. The number of halogens is 4. The summed E-state index contributed by atoms with van der Waals surface area (Å²) in [7, 11) is 1.49. The topological polar surface area (TPSA) is 72.2 Å². The van der Waals surface area contributed by atoms with Crippen molar-refractivity contribution in [2.75, 3.05) is 7.11 Å². The molecule has 3 aromatic carbocycles. The maximum absolute atomic E-state index is 13.7. The molecule has 4 aromatic rings. The van der Waals surface area contributed by atoms with Crippen LogP contribution >= 0.6 is 11.8 Å². The lowest BCUT2D eigenvalue weighted by molar-refractivity contribution is -0.0498. The number of allylic oxidation sites excluding steroid dienone is 1. The molecule has 0 saturated carbocycles. The summed E-state index contributed by atoms with van der Waals surface area (Å²) in [5.74, 6) is 0.372. The lowest BCUT2D eigenvalue weighted by Gasteiger charge is -2.13. The van der Waals surface area contributed by atoms with E-state index >= 15 is 0 Å². The minimum Gasteiger partial charge on any atom is -0.496 e. The molecule has 0 radical (unpaired) electrons. The van der Waals surface area contributed by atoms with Crippen LogP contribution in [0.15, 0.2) is 90.0 Å². The van der Waals surface area contributed by atoms with Gasteiger partial charge >= 0.3 is 6.61 Å². The Bertz CT molecular complexity index is 1590. The third kappa shape index (κ3) is 7.52. The molecular formula is C31H22F4N2O3S. The molecule has 0 bridgehead atoms. The van der Waals surface area contributed by atoms with Crippen LogP contribution in [0, 0.1) is 11.3 Å².